The van der Waals surface area contributed by atoms with Crippen LogP contribution >= 0.6 is 37.0 Å². The van der Waals surface area contributed by atoms with Gasteiger partial charge in [0.1, 0.15) is 0 Å². The molecular weight excluding hydrogens is 592 g/mol. The molecule has 0 radical (unpaired) electrons. The van der Waals surface area contributed by atoms with Gasteiger partial charge < -0.3 is 0 Å². The summed E-state index contributed by atoms with van der Waals surface area (Å²) in [6.45, 7) is 0. The fourth-order valence-corrected chi connectivity index (χ4v) is 24.0. The summed E-state index contributed by atoms with van der Waals surface area (Å²) in [7, 11) is -3.41. The minimum atomic E-state index is -3.41. The van der Waals surface area contributed by atoms with E-state index in [1.807, 2.05) is 0 Å². The number of hydrogen-bond donors (Lipinski definition) is 0. The SMILES string of the molecule is [I][Sb]([I])([c]1ccccc1)([c]1ccccc1)[c]1ccccc1. The zero-order chi connectivity index (χ0) is 14.8. The molecular formula is C18H15I2Sb. The second-order valence-electron chi connectivity index (χ2n) is 4.91. The van der Waals surface area contributed by atoms with Crippen molar-refractivity contribution in [3.05, 3.63) is 91.0 Å². The second kappa shape index (κ2) is 6.21. The first-order valence-electron chi connectivity index (χ1n) is 6.74. The van der Waals surface area contributed by atoms with Gasteiger partial charge >= 0.3 is 148 Å². The fourth-order valence-electron chi connectivity index (χ4n) is 2.52. The van der Waals surface area contributed by atoms with Gasteiger partial charge in [0.2, 0.25) is 0 Å². The van der Waals surface area contributed by atoms with E-state index >= 15 is 0 Å². The van der Waals surface area contributed by atoms with Crippen molar-refractivity contribution in [3.63, 3.8) is 0 Å². The van der Waals surface area contributed by atoms with Crippen molar-refractivity contribution in [2.45, 2.75) is 0 Å². The third kappa shape index (κ3) is 2.79. The van der Waals surface area contributed by atoms with Crippen molar-refractivity contribution in [2.75, 3.05) is 0 Å². The minimum absolute atomic E-state index is 1.48. The van der Waals surface area contributed by atoms with Gasteiger partial charge in [-0.3, -0.25) is 0 Å². The summed E-state index contributed by atoms with van der Waals surface area (Å²) in [6, 6.07) is 33.0. The normalized spacial score (nSPS) is 13.3. The molecule has 0 saturated carbocycles. The van der Waals surface area contributed by atoms with Crippen LogP contribution in [-0.2, 0) is 0 Å². The molecule has 0 saturated heterocycles. The van der Waals surface area contributed by atoms with Gasteiger partial charge in [-0.05, 0) is 0 Å². The maximum absolute atomic E-state index is 3.41. The molecule has 0 aromatic heterocycles. The van der Waals surface area contributed by atoms with Gasteiger partial charge in [0, 0.05) is 0 Å². The van der Waals surface area contributed by atoms with Crippen molar-refractivity contribution in [3.8, 4) is 0 Å². The average molecular weight is 607 g/mol. The topological polar surface area (TPSA) is 0 Å². The molecule has 0 aliphatic heterocycles. The van der Waals surface area contributed by atoms with E-state index in [9.17, 15) is 0 Å². The maximum atomic E-state index is 2.79. The zero-order valence-corrected chi connectivity index (χ0v) is 18.2. The average Bonchev–Trinajstić information content (AvgIpc) is 2.57. The molecule has 21 heavy (non-hydrogen) atoms. The van der Waals surface area contributed by atoms with Crippen LogP contribution in [0.15, 0.2) is 91.0 Å². The first-order valence-corrected chi connectivity index (χ1v) is 25.4. The molecule has 0 aliphatic carbocycles. The molecule has 0 bridgehead atoms. The van der Waals surface area contributed by atoms with Gasteiger partial charge in [0.15, 0.2) is 0 Å². The molecule has 3 rings (SSSR count). The molecule has 0 heterocycles. The summed E-state index contributed by atoms with van der Waals surface area (Å²) in [4.78, 5) is 0. The van der Waals surface area contributed by atoms with E-state index < -0.39 is 9.36 Å². The van der Waals surface area contributed by atoms with Crippen molar-refractivity contribution in [2.24, 2.45) is 0 Å². The van der Waals surface area contributed by atoms with Gasteiger partial charge in [0.25, 0.3) is 0 Å². The van der Waals surface area contributed by atoms with Gasteiger partial charge in [-0.1, -0.05) is 0 Å². The van der Waals surface area contributed by atoms with Crippen molar-refractivity contribution in [1.29, 1.82) is 0 Å². The molecule has 3 heteroatoms. The van der Waals surface area contributed by atoms with Gasteiger partial charge in [0.05, 0.1) is 0 Å². The van der Waals surface area contributed by atoms with Gasteiger partial charge in [-0.15, -0.1) is 0 Å². The molecule has 106 valence electrons. The number of benzene rings is 3. The Bertz CT molecular complexity index is 622. The molecule has 0 nitrogen and oxygen atoms in total. The molecule has 0 atom stereocenters. The summed E-state index contributed by atoms with van der Waals surface area (Å²) in [5.41, 5.74) is 0. The van der Waals surface area contributed by atoms with E-state index in [0.29, 0.717) is 0 Å². The number of halogens is 2. The second-order valence-corrected chi connectivity index (χ2v) is 52.8. The summed E-state index contributed by atoms with van der Waals surface area (Å²) in [5, 5.41) is 0. The molecule has 0 fully saturated rings. The summed E-state index contributed by atoms with van der Waals surface area (Å²) < 4.78 is 4.43. The van der Waals surface area contributed by atoms with E-state index in [-0.39, 0.29) is 0 Å². The number of hydrogen-bond acceptors (Lipinski definition) is 0. The van der Waals surface area contributed by atoms with Crippen molar-refractivity contribution in [1.82, 2.24) is 0 Å². The summed E-state index contributed by atoms with van der Waals surface area (Å²) in [5.74, 6) is 0. The van der Waals surface area contributed by atoms with Gasteiger partial charge in [-0.2, -0.15) is 0 Å². The van der Waals surface area contributed by atoms with Crippen LogP contribution in [0.25, 0.3) is 0 Å². The van der Waals surface area contributed by atoms with E-state index in [1.165, 1.54) is 10.5 Å². The molecule has 3 aromatic carbocycles. The zero-order valence-electron chi connectivity index (χ0n) is 11.4. The third-order valence-electron chi connectivity index (χ3n) is 3.63. The standard InChI is InChI=1S/3C6H5.2HI.Sb/c3*1-2-4-6-5-3-1;;;/h3*1-5H;2*1H;/q;;;;;+2/p-2. The fraction of sp³-hybridized carbons (Fsp3) is 0. The number of rotatable bonds is 3. The van der Waals surface area contributed by atoms with E-state index in [1.54, 1.807) is 0 Å². The molecule has 0 amide bonds. The van der Waals surface area contributed by atoms with Crippen LogP contribution in [0, 0.1) is 0 Å². The first-order chi connectivity index (χ1) is 10.1. The van der Waals surface area contributed by atoms with E-state index in [4.69, 9.17) is 0 Å². The van der Waals surface area contributed by atoms with E-state index in [2.05, 4.69) is 128 Å². The third-order valence-corrected chi connectivity index (χ3v) is 36.4. The van der Waals surface area contributed by atoms with Crippen LogP contribution in [0.1, 0.15) is 0 Å². The van der Waals surface area contributed by atoms with Crippen LogP contribution in [0.3, 0.4) is 0 Å². The molecule has 0 unspecified atom stereocenters. The predicted octanol–water partition coefficient (Wildman–Crippen LogP) is 3.97. The Morgan fingerprint density at radius 1 is 0.429 bits per heavy atom. The Hall–Kier alpha value is -0.0618. The van der Waals surface area contributed by atoms with Crippen LogP contribution in [0.5, 0.6) is 0 Å². The quantitative estimate of drug-likeness (QED) is 0.313. The summed E-state index contributed by atoms with van der Waals surface area (Å²) in [6.07, 6.45) is 0. The Morgan fingerprint density at radius 2 is 0.667 bits per heavy atom. The van der Waals surface area contributed by atoms with Crippen LogP contribution < -0.4 is 10.5 Å². The Balaban J connectivity index is 2.36. The summed E-state index contributed by atoms with van der Waals surface area (Å²) >= 11 is 5.59. The van der Waals surface area contributed by atoms with Crippen LogP contribution in [0.4, 0.5) is 0 Å². The molecule has 0 aliphatic rings. The molecule has 0 N–H and O–H groups in total. The van der Waals surface area contributed by atoms with Gasteiger partial charge in [-0.25, -0.2) is 0 Å². The van der Waals surface area contributed by atoms with Crippen molar-refractivity contribution < 1.29 is 0 Å². The first kappa shape index (κ1) is 15.8. The van der Waals surface area contributed by atoms with Crippen LogP contribution in [-0.4, -0.2) is 9.36 Å². The Morgan fingerprint density at radius 3 is 0.905 bits per heavy atom. The molecule has 0 spiro atoms. The van der Waals surface area contributed by atoms with E-state index in [0.717, 1.165) is 0 Å². The predicted molar refractivity (Wildman–Crippen MR) is 112 cm³/mol. The Labute approximate surface area is 146 Å². The van der Waals surface area contributed by atoms with Crippen molar-refractivity contribution >= 4 is 56.9 Å². The van der Waals surface area contributed by atoms with Crippen LogP contribution in [0.2, 0.25) is 0 Å². The Kier molecular flexibility index (Phi) is 4.68. The molecule has 3 aromatic rings. The monoisotopic (exact) mass is 606 g/mol.